The highest BCUT2D eigenvalue weighted by atomic mass is 16.5. The highest BCUT2D eigenvalue weighted by Gasteiger charge is 2.29. The van der Waals surface area contributed by atoms with Crippen molar-refractivity contribution in [1.82, 2.24) is 5.32 Å². The fraction of sp³-hybridized carbons (Fsp3) is 1.00. The van der Waals surface area contributed by atoms with Gasteiger partial charge in [0.1, 0.15) is 0 Å². The summed E-state index contributed by atoms with van der Waals surface area (Å²) in [5, 5.41) is 3.44. The molecule has 2 fully saturated rings. The molecule has 0 radical (unpaired) electrons. The Kier molecular flexibility index (Phi) is 5.30. The van der Waals surface area contributed by atoms with E-state index in [4.69, 9.17) is 4.74 Å². The highest BCUT2D eigenvalue weighted by molar-refractivity contribution is 4.84. The van der Waals surface area contributed by atoms with E-state index in [1.165, 1.54) is 51.4 Å². The molecule has 100 valence electrons. The van der Waals surface area contributed by atoms with Gasteiger partial charge in [0.2, 0.25) is 0 Å². The van der Waals surface area contributed by atoms with Crippen LogP contribution < -0.4 is 5.32 Å². The van der Waals surface area contributed by atoms with Crippen LogP contribution in [0.15, 0.2) is 0 Å². The average Bonchev–Trinajstić information content (AvgIpc) is 2.38. The third-order valence-electron chi connectivity index (χ3n) is 4.70. The molecule has 3 unspecified atom stereocenters. The number of hydrogen-bond acceptors (Lipinski definition) is 2. The van der Waals surface area contributed by atoms with Gasteiger partial charge in [-0.15, -0.1) is 0 Å². The maximum absolute atomic E-state index is 6.23. The Bertz CT molecular complexity index is 213. The molecule has 2 aliphatic rings. The third kappa shape index (κ3) is 3.96. The first-order chi connectivity index (χ1) is 8.29. The smallest absolute Gasteiger partial charge is 0.0730 e. The summed E-state index contributed by atoms with van der Waals surface area (Å²) in [5.74, 6) is 1.69. The molecule has 0 aromatic carbocycles. The van der Waals surface area contributed by atoms with Crippen LogP contribution in [0.4, 0.5) is 0 Å². The molecule has 0 aliphatic heterocycles. The van der Waals surface area contributed by atoms with Crippen LogP contribution in [0, 0.1) is 11.8 Å². The lowest BCUT2D eigenvalue weighted by atomic mass is 9.84. The van der Waals surface area contributed by atoms with Crippen molar-refractivity contribution in [2.45, 2.75) is 70.4 Å². The molecule has 2 saturated carbocycles. The van der Waals surface area contributed by atoms with Gasteiger partial charge in [-0.2, -0.15) is 0 Å². The summed E-state index contributed by atoms with van der Waals surface area (Å²) in [6, 6.07) is 0.592. The maximum Gasteiger partial charge on any atom is 0.0730 e. The minimum atomic E-state index is 0.464. The first-order valence-electron chi connectivity index (χ1n) is 7.58. The zero-order chi connectivity index (χ0) is 12.1. The van der Waals surface area contributed by atoms with Gasteiger partial charge in [-0.25, -0.2) is 0 Å². The summed E-state index contributed by atoms with van der Waals surface area (Å²) in [6.07, 6.45) is 11.4. The van der Waals surface area contributed by atoms with Gasteiger partial charge in [-0.3, -0.25) is 0 Å². The summed E-state index contributed by atoms with van der Waals surface area (Å²) in [4.78, 5) is 0. The van der Waals surface area contributed by atoms with Crippen molar-refractivity contribution in [2.75, 3.05) is 13.7 Å². The van der Waals surface area contributed by atoms with Gasteiger partial charge in [-0.1, -0.05) is 26.2 Å². The summed E-state index contributed by atoms with van der Waals surface area (Å²) in [5.41, 5.74) is 0. The summed E-state index contributed by atoms with van der Waals surface area (Å²) in [7, 11) is 2.08. The van der Waals surface area contributed by atoms with Crippen molar-refractivity contribution in [2.24, 2.45) is 11.8 Å². The average molecular weight is 239 g/mol. The Morgan fingerprint density at radius 2 is 1.82 bits per heavy atom. The van der Waals surface area contributed by atoms with E-state index in [1.54, 1.807) is 0 Å². The van der Waals surface area contributed by atoms with Crippen molar-refractivity contribution in [3.63, 3.8) is 0 Å². The first-order valence-corrected chi connectivity index (χ1v) is 7.58. The predicted molar refractivity (Wildman–Crippen MR) is 72.2 cm³/mol. The van der Waals surface area contributed by atoms with E-state index in [0.29, 0.717) is 12.1 Å². The van der Waals surface area contributed by atoms with Gasteiger partial charge < -0.3 is 10.1 Å². The minimum Gasteiger partial charge on any atom is -0.376 e. The van der Waals surface area contributed by atoms with Crippen LogP contribution >= 0.6 is 0 Å². The van der Waals surface area contributed by atoms with Crippen LogP contribution in [0.3, 0.4) is 0 Å². The largest absolute Gasteiger partial charge is 0.376 e. The molecule has 2 heteroatoms. The lowest BCUT2D eigenvalue weighted by molar-refractivity contribution is -0.0267. The second-order valence-electron chi connectivity index (χ2n) is 6.19. The van der Waals surface area contributed by atoms with Gasteiger partial charge in [0, 0.05) is 12.6 Å². The fourth-order valence-electron chi connectivity index (χ4n) is 3.46. The molecule has 0 aromatic heterocycles. The first kappa shape index (κ1) is 13.4. The Morgan fingerprint density at radius 1 is 1.06 bits per heavy atom. The van der Waals surface area contributed by atoms with Crippen molar-refractivity contribution >= 4 is 0 Å². The number of likely N-dealkylation sites (N-methyl/N-ethyl adjacent to an activating group) is 1. The molecule has 0 bridgehead atoms. The standard InChI is InChI=1S/C15H29NO/c1-12-8-9-14(16-2)15(10-12)17-11-13-6-4-3-5-7-13/h12-16H,3-11H2,1-2H3. The lowest BCUT2D eigenvalue weighted by Crippen LogP contribution is -2.44. The SMILES string of the molecule is CNC1CCC(C)CC1OCC1CCCCC1. The van der Waals surface area contributed by atoms with E-state index < -0.39 is 0 Å². The highest BCUT2D eigenvalue weighted by Crippen LogP contribution is 2.29. The Balaban J connectivity index is 1.74. The van der Waals surface area contributed by atoms with E-state index in [2.05, 4.69) is 19.3 Å². The molecule has 0 amide bonds. The number of nitrogens with one attached hydrogen (secondary N) is 1. The predicted octanol–water partition coefficient (Wildman–Crippen LogP) is 3.36. The lowest BCUT2D eigenvalue weighted by Gasteiger charge is -2.35. The molecule has 0 aromatic rings. The van der Waals surface area contributed by atoms with Crippen LogP contribution in [0.2, 0.25) is 0 Å². The summed E-state index contributed by atoms with van der Waals surface area (Å²) < 4.78 is 6.23. The van der Waals surface area contributed by atoms with E-state index in [0.717, 1.165) is 18.4 Å². The molecule has 2 nitrogen and oxygen atoms in total. The molecular formula is C15H29NO. The molecule has 0 heterocycles. The van der Waals surface area contributed by atoms with E-state index in [-0.39, 0.29) is 0 Å². The molecule has 2 rings (SSSR count). The molecule has 0 spiro atoms. The molecule has 3 atom stereocenters. The van der Waals surface area contributed by atoms with Crippen molar-refractivity contribution < 1.29 is 4.74 Å². The van der Waals surface area contributed by atoms with Crippen LogP contribution in [0.25, 0.3) is 0 Å². The number of rotatable bonds is 4. The summed E-state index contributed by atoms with van der Waals surface area (Å²) in [6.45, 7) is 3.37. The number of ether oxygens (including phenoxy) is 1. The van der Waals surface area contributed by atoms with Gasteiger partial charge >= 0.3 is 0 Å². The molecule has 17 heavy (non-hydrogen) atoms. The van der Waals surface area contributed by atoms with E-state index in [9.17, 15) is 0 Å². The quantitative estimate of drug-likeness (QED) is 0.812. The van der Waals surface area contributed by atoms with Gasteiger partial charge in [-0.05, 0) is 51.0 Å². The van der Waals surface area contributed by atoms with Crippen LogP contribution in [-0.2, 0) is 4.74 Å². The van der Waals surface area contributed by atoms with Gasteiger partial charge in [0.25, 0.3) is 0 Å². The summed E-state index contributed by atoms with van der Waals surface area (Å²) >= 11 is 0. The zero-order valence-electron chi connectivity index (χ0n) is 11.6. The second kappa shape index (κ2) is 6.75. The molecule has 0 saturated heterocycles. The van der Waals surface area contributed by atoms with Gasteiger partial charge in [0.15, 0.2) is 0 Å². The van der Waals surface area contributed by atoms with Crippen LogP contribution in [0.5, 0.6) is 0 Å². The fourth-order valence-corrected chi connectivity index (χ4v) is 3.46. The normalized spacial score (nSPS) is 36.0. The van der Waals surface area contributed by atoms with Crippen LogP contribution in [0.1, 0.15) is 58.3 Å². The Hall–Kier alpha value is -0.0800. The van der Waals surface area contributed by atoms with Crippen LogP contribution in [-0.4, -0.2) is 25.8 Å². The monoisotopic (exact) mass is 239 g/mol. The van der Waals surface area contributed by atoms with Crippen molar-refractivity contribution in [1.29, 1.82) is 0 Å². The minimum absolute atomic E-state index is 0.464. The maximum atomic E-state index is 6.23. The van der Waals surface area contributed by atoms with E-state index >= 15 is 0 Å². The molecule has 2 aliphatic carbocycles. The zero-order valence-corrected chi connectivity index (χ0v) is 11.6. The number of hydrogen-bond donors (Lipinski definition) is 1. The van der Waals surface area contributed by atoms with Gasteiger partial charge in [0.05, 0.1) is 6.10 Å². The topological polar surface area (TPSA) is 21.3 Å². The molecular weight excluding hydrogens is 210 g/mol. The van der Waals surface area contributed by atoms with E-state index in [1.807, 2.05) is 0 Å². The molecule has 1 N–H and O–H groups in total. The Morgan fingerprint density at radius 3 is 2.53 bits per heavy atom. The van der Waals surface area contributed by atoms with Crippen molar-refractivity contribution in [3.8, 4) is 0 Å². The third-order valence-corrected chi connectivity index (χ3v) is 4.70. The Labute approximate surface area is 107 Å². The second-order valence-corrected chi connectivity index (χ2v) is 6.19. The van der Waals surface area contributed by atoms with Crippen molar-refractivity contribution in [3.05, 3.63) is 0 Å².